The van der Waals surface area contributed by atoms with Gasteiger partial charge in [-0.3, -0.25) is 4.79 Å². The van der Waals surface area contributed by atoms with Crippen LogP contribution in [0.1, 0.15) is 75.7 Å². The van der Waals surface area contributed by atoms with E-state index < -0.39 is 11.7 Å². The molecule has 9 heteroatoms. The monoisotopic (exact) mass is 550 g/mol. The van der Waals surface area contributed by atoms with Crippen molar-refractivity contribution in [2.24, 2.45) is 28.6 Å². The molecule has 6 nitrogen and oxygen atoms in total. The fourth-order valence-electron chi connectivity index (χ4n) is 7.84. The summed E-state index contributed by atoms with van der Waals surface area (Å²) in [6, 6.07) is 4.43. The zero-order chi connectivity index (χ0) is 28.6. The number of rotatable bonds is 5. The smallest absolute Gasteiger partial charge is 0.352 e. The highest BCUT2D eigenvalue weighted by Crippen LogP contribution is 2.61. The van der Waals surface area contributed by atoms with Crippen LogP contribution in [0.15, 0.2) is 24.3 Å². The van der Waals surface area contributed by atoms with Crippen LogP contribution in [0, 0.1) is 28.6 Å². The molecular weight excluding hydrogens is 505 g/mol. The van der Waals surface area contributed by atoms with E-state index in [1.165, 1.54) is 18.6 Å². The summed E-state index contributed by atoms with van der Waals surface area (Å²) in [7, 11) is 2.07. The SMILES string of the molecule is CC1C(NC(=O)N2CCN(C)CC2)CC2C(C)(C)CCCC2(C)C1CCNC(=O)c1ccc(C(F)(F)F)cc1. The van der Waals surface area contributed by atoms with E-state index in [1.807, 2.05) is 4.90 Å². The number of halogens is 3. The van der Waals surface area contributed by atoms with Gasteiger partial charge in [-0.15, -0.1) is 0 Å². The molecule has 3 aliphatic rings. The maximum Gasteiger partial charge on any atom is 0.416 e. The zero-order valence-corrected chi connectivity index (χ0v) is 24.0. The molecule has 1 aliphatic heterocycles. The van der Waals surface area contributed by atoms with Crippen LogP contribution < -0.4 is 10.6 Å². The van der Waals surface area contributed by atoms with Crippen LogP contribution in [0.5, 0.6) is 0 Å². The van der Waals surface area contributed by atoms with E-state index in [-0.39, 0.29) is 40.3 Å². The molecular formula is C30H45F3N4O2. The van der Waals surface area contributed by atoms with Crippen LogP contribution in [-0.4, -0.2) is 67.6 Å². The van der Waals surface area contributed by atoms with Gasteiger partial charge in [-0.2, -0.15) is 13.2 Å². The van der Waals surface area contributed by atoms with Crippen LogP contribution in [0.3, 0.4) is 0 Å². The minimum atomic E-state index is -4.43. The van der Waals surface area contributed by atoms with E-state index in [0.717, 1.165) is 64.0 Å². The Kier molecular flexibility index (Phi) is 8.60. The van der Waals surface area contributed by atoms with Crippen molar-refractivity contribution in [2.45, 2.75) is 72.0 Å². The lowest BCUT2D eigenvalue weighted by atomic mass is 9.45. The molecule has 218 valence electrons. The second-order valence-corrected chi connectivity index (χ2v) is 13.1. The Balaban J connectivity index is 1.45. The Labute approximate surface area is 231 Å². The lowest BCUT2D eigenvalue weighted by molar-refractivity contribution is -0.137. The molecule has 2 N–H and O–H groups in total. The van der Waals surface area contributed by atoms with E-state index in [1.54, 1.807) is 0 Å². The summed E-state index contributed by atoms with van der Waals surface area (Å²) in [6.45, 7) is 13.0. The molecule has 5 atom stereocenters. The van der Waals surface area contributed by atoms with Crippen molar-refractivity contribution >= 4 is 11.9 Å². The Morgan fingerprint density at radius 1 is 1.03 bits per heavy atom. The normalized spacial score (nSPS) is 31.3. The fourth-order valence-corrected chi connectivity index (χ4v) is 7.84. The number of fused-ring (bicyclic) bond motifs is 1. The third-order valence-corrected chi connectivity index (χ3v) is 10.2. The number of piperazine rings is 1. The van der Waals surface area contributed by atoms with Crippen molar-refractivity contribution in [3.05, 3.63) is 35.4 Å². The van der Waals surface area contributed by atoms with Crippen molar-refractivity contribution in [2.75, 3.05) is 39.8 Å². The molecule has 0 spiro atoms. The largest absolute Gasteiger partial charge is 0.416 e. The van der Waals surface area contributed by atoms with Crippen LogP contribution >= 0.6 is 0 Å². The van der Waals surface area contributed by atoms with E-state index >= 15 is 0 Å². The van der Waals surface area contributed by atoms with Gasteiger partial charge < -0.3 is 20.4 Å². The first-order chi connectivity index (χ1) is 18.2. The minimum absolute atomic E-state index is 0.0199. The quantitative estimate of drug-likeness (QED) is 0.499. The first kappa shape index (κ1) is 29.7. The Bertz CT molecular complexity index is 1020. The number of hydrogen-bond acceptors (Lipinski definition) is 3. The highest BCUT2D eigenvalue weighted by Gasteiger charge is 2.56. The molecule has 5 unspecified atom stereocenters. The van der Waals surface area contributed by atoms with Gasteiger partial charge in [0.15, 0.2) is 0 Å². The first-order valence-corrected chi connectivity index (χ1v) is 14.4. The summed E-state index contributed by atoms with van der Waals surface area (Å²) in [6.07, 6.45) is 0.748. The number of nitrogens with one attached hydrogen (secondary N) is 2. The molecule has 39 heavy (non-hydrogen) atoms. The molecule has 3 amide bonds. The van der Waals surface area contributed by atoms with Gasteiger partial charge in [-0.1, -0.05) is 34.1 Å². The average molecular weight is 551 g/mol. The number of benzene rings is 1. The number of carbonyl (C=O) groups is 2. The molecule has 1 heterocycles. The van der Waals surface area contributed by atoms with Crippen molar-refractivity contribution in [3.8, 4) is 0 Å². The van der Waals surface area contributed by atoms with Gasteiger partial charge >= 0.3 is 12.2 Å². The maximum atomic E-state index is 13.2. The highest BCUT2D eigenvalue weighted by atomic mass is 19.4. The van der Waals surface area contributed by atoms with Crippen LogP contribution in [-0.2, 0) is 6.18 Å². The summed E-state index contributed by atoms with van der Waals surface area (Å²) in [4.78, 5) is 30.1. The summed E-state index contributed by atoms with van der Waals surface area (Å²) in [5.74, 6) is 0.613. The molecule has 3 fully saturated rings. The summed E-state index contributed by atoms with van der Waals surface area (Å²) in [5, 5.41) is 6.35. The number of urea groups is 1. The van der Waals surface area contributed by atoms with Gasteiger partial charge in [0.25, 0.3) is 5.91 Å². The summed E-state index contributed by atoms with van der Waals surface area (Å²) in [5.41, 5.74) is -0.292. The van der Waals surface area contributed by atoms with Gasteiger partial charge in [0, 0.05) is 44.3 Å². The van der Waals surface area contributed by atoms with Crippen LogP contribution in [0.2, 0.25) is 0 Å². The Morgan fingerprint density at radius 2 is 1.67 bits per heavy atom. The van der Waals surface area contributed by atoms with Crippen molar-refractivity contribution in [3.63, 3.8) is 0 Å². The number of likely N-dealkylation sites (N-methyl/N-ethyl adjacent to an activating group) is 1. The highest BCUT2D eigenvalue weighted by molar-refractivity contribution is 5.94. The van der Waals surface area contributed by atoms with Crippen molar-refractivity contribution < 1.29 is 22.8 Å². The van der Waals surface area contributed by atoms with E-state index in [4.69, 9.17) is 0 Å². The van der Waals surface area contributed by atoms with Gasteiger partial charge in [0.05, 0.1) is 5.56 Å². The third kappa shape index (κ3) is 6.39. The van der Waals surface area contributed by atoms with Crippen LogP contribution in [0.4, 0.5) is 18.0 Å². The molecule has 1 aromatic rings. The molecule has 1 aromatic carbocycles. The second kappa shape index (κ2) is 11.3. The van der Waals surface area contributed by atoms with E-state index in [9.17, 15) is 22.8 Å². The average Bonchev–Trinajstić information content (AvgIpc) is 2.86. The topological polar surface area (TPSA) is 64.7 Å². The predicted molar refractivity (Wildman–Crippen MR) is 146 cm³/mol. The minimum Gasteiger partial charge on any atom is -0.352 e. The van der Waals surface area contributed by atoms with Gasteiger partial charge in [-0.25, -0.2) is 4.79 Å². The molecule has 0 aromatic heterocycles. The lowest BCUT2D eigenvalue weighted by Crippen LogP contribution is -2.61. The van der Waals surface area contributed by atoms with Crippen molar-refractivity contribution in [1.82, 2.24) is 20.4 Å². The van der Waals surface area contributed by atoms with E-state index in [2.05, 4.69) is 50.3 Å². The number of alkyl halides is 3. The van der Waals surface area contributed by atoms with Gasteiger partial charge in [0.2, 0.25) is 0 Å². The summed E-state index contributed by atoms with van der Waals surface area (Å²) < 4.78 is 38.7. The molecule has 0 radical (unpaired) electrons. The van der Waals surface area contributed by atoms with Crippen molar-refractivity contribution in [1.29, 1.82) is 0 Å². The fraction of sp³-hybridized carbons (Fsp3) is 0.733. The van der Waals surface area contributed by atoms with Gasteiger partial charge in [0.1, 0.15) is 0 Å². The molecule has 1 saturated heterocycles. The Hall–Kier alpha value is -2.29. The lowest BCUT2D eigenvalue weighted by Gasteiger charge is -2.61. The zero-order valence-electron chi connectivity index (χ0n) is 24.0. The van der Waals surface area contributed by atoms with Crippen LogP contribution in [0.25, 0.3) is 0 Å². The molecule has 2 saturated carbocycles. The number of carbonyl (C=O) groups excluding carboxylic acids is 2. The number of amides is 3. The molecule has 4 rings (SSSR count). The predicted octanol–water partition coefficient (Wildman–Crippen LogP) is 5.64. The second-order valence-electron chi connectivity index (χ2n) is 13.1. The van der Waals surface area contributed by atoms with E-state index in [0.29, 0.717) is 18.4 Å². The number of nitrogens with zero attached hydrogens (tertiary/aromatic N) is 2. The first-order valence-electron chi connectivity index (χ1n) is 14.4. The Morgan fingerprint density at radius 3 is 2.28 bits per heavy atom. The summed E-state index contributed by atoms with van der Waals surface area (Å²) >= 11 is 0. The number of hydrogen-bond donors (Lipinski definition) is 2. The molecule has 2 aliphatic carbocycles. The third-order valence-electron chi connectivity index (χ3n) is 10.2. The maximum absolute atomic E-state index is 13.2. The molecule has 0 bridgehead atoms. The van der Waals surface area contributed by atoms with Gasteiger partial charge in [-0.05, 0) is 85.6 Å². The standard InChI is InChI=1S/C30H45F3N4O2/c1-20-23(11-14-34-26(38)21-7-9-22(10-8-21)30(31,32)33)29(4)13-6-12-28(2,3)25(29)19-24(20)35-27(39)37-17-15-36(5)16-18-37/h7-10,20,23-25H,6,11-19H2,1-5H3,(H,34,38)(H,35,39).